The van der Waals surface area contributed by atoms with Gasteiger partial charge < -0.3 is 5.32 Å². The summed E-state index contributed by atoms with van der Waals surface area (Å²) in [5, 5.41) is 5.33. The molecule has 6 heteroatoms. The molecule has 2 rings (SSSR count). The van der Waals surface area contributed by atoms with Crippen LogP contribution in [0.3, 0.4) is 0 Å². The molecule has 0 unspecified atom stereocenters. The normalized spacial score (nSPS) is 16.6. The number of sulfonamides is 1. The van der Waals surface area contributed by atoms with Gasteiger partial charge in [-0.3, -0.25) is 0 Å². The van der Waals surface area contributed by atoms with E-state index in [9.17, 15) is 8.42 Å². The third-order valence-electron chi connectivity index (χ3n) is 4.35. The topological polar surface area (TPSA) is 58.2 Å². The molecule has 0 bridgehead atoms. The lowest BCUT2D eigenvalue weighted by Crippen LogP contribution is -2.36. The number of nitrogens with one attached hydrogen (secondary N) is 2. The molecule has 1 fully saturated rings. The molecule has 0 aliphatic heterocycles. The second-order valence-corrected chi connectivity index (χ2v) is 9.80. The lowest BCUT2D eigenvalue weighted by molar-refractivity contribution is 0.252. The molecule has 1 heterocycles. The van der Waals surface area contributed by atoms with Crippen LogP contribution in [-0.4, -0.2) is 21.0 Å². The minimum Gasteiger partial charge on any atom is -0.310 e. The van der Waals surface area contributed by atoms with E-state index in [0.29, 0.717) is 22.7 Å². The molecule has 1 aliphatic rings. The monoisotopic (exact) mass is 330 g/mol. The van der Waals surface area contributed by atoms with E-state index in [0.717, 1.165) is 12.1 Å². The van der Waals surface area contributed by atoms with E-state index in [4.69, 9.17) is 0 Å². The molecule has 1 aromatic heterocycles. The molecule has 0 amide bonds. The Morgan fingerprint density at radius 1 is 1.38 bits per heavy atom. The van der Waals surface area contributed by atoms with Crippen LogP contribution < -0.4 is 10.0 Å². The zero-order valence-electron chi connectivity index (χ0n) is 13.3. The largest absolute Gasteiger partial charge is 0.310 e. The zero-order valence-corrected chi connectivity index (χ0v) is 14.9. The van der Waals surface area contributed by atoms with E-state index >= 15 is 0 Å². The summed E-state index contributed by atoms with van der Waals surface area (Å²) in [6.45, 7) is 9.61. The highest BCUT2D eigenvalue weighted by atomic mass is 32.2. The van der Waals surface area contributed by atoms with Crippen LogP contribution in [0.2, 0.25) is 0 Å². The van der Waals surface area contributed by atoms with Gasteiger partial charge in [-0.15, -0.1) is 11.3 Å². The predicted molar refractivity (Wildman–Crippen MR) is 88.0 cm³/mol. The van der Waals surface area contributed by atoms with Crippen molar-refractivity contribution in [2.24, 2.45) is 11.3 Å². The molecule has 0 atom stereocenters. The van der Waals surface area contributed by atoms with Crippen LogP contribution in [0.15, 0.2) is 15.7 Å². The maximum absolute atomic E-state index is 12.3. The minimum atomic E-state index is -3.39. The highest BCUT2D eigenvalue weighted by Crippen LogP contribution is 2.27. The van der Waals surface area contributed by atoms with Crippen molar-refractivity contribution in [3.05, 3.63) is 17.0 Å². The SMILES string of the molecule is CC(C)C(C)(C)CNS(=O)(=O)c1cc(CNC2CC2)cs1. The molecule has 0 aromatic carbocycles. The van der Waals surface area contributed by atoms with E-state index in [-0.39, 0.29) is 5.41 Å². The van der Waals surface area contributed by atoms with Crippen molar-refractivity contribution in [1.82, 2.24) is 10.0 Å². The summed E-state index contributed by atoms with van der Waals surface area (Å²) in [7, 11) is -3.39. The van der Waals surface area contributed by atoms with Gasteiger partial charge in [-0.2, -0.15) is 0 Å². The molecule has 4 nitrogen and oxygen atoms in total. The fourth-order valence-corrected chi connectivity index (χ4v) is 4.17. The Morgan fingerprint density at radius 3 is 2.62 bits per heavy atom. The maximum atomic E-state index is 12.3. The van der Waals surface area contributed by atoms with Crippen molar-refractivity contribution in [2.45, 2.75) is 57.3 Å². The predicted octanol–water partition coefficient (Wildman–Crippen LogP) is 2.96. The van der Waals surface area contributed by atoms with Gasteiger partial charge in [0.25, 0.3) is 0 Å². The summed E-state index contributed by atoms with van der Waals surface area (Å²) >= 11 is 1.30. The maximum Gasteiger partial charge on any atom is 0.250 e. The highest BCUT2D eigenvalue weighted by molar-refractivity contribution is 7.91. The van der Waals surface area contributed by atoms with E-state index in [1.165, 1.54) is 24.2 Å². The molecule has 1 aromatic rings. The van der Waals surface area contributed by atoms with Crippen molar-refractivity contribution in [3.8, 4) is 0 Å². The Labute approximate surface area is 132 Å². The molecular formula is C15H26N2O2S2. The van der Waals surface area contributed by atoms with E-state index in [1.807, 2.05) is 5.38 Å². The van der Waals surface area contributed by atoms with Crippen molar-refractivity contribution in [2.75, 3.05) is 6.54 Å². The second kappa shape index (κ2) is 6.36. The molecule has 21 heavy (non-hydrogen) atoms. The third-order valence-corrected chi connectivity index (χ3v) is 7.24. The first-order chi connectivity index (χ1) is 9.71. The number of hydrogen-bond acceptors (Lipinski definition) is 4. The summed E-state index contributed by atoms with van der Waals surface area (Å²) in [6.07, 6.45) is 2.47. The van der Waals surface area contributed by atoms with Crippen LogP contribution >= 0.6 is 11.3 Å². The Bertz CT molecular complexity index is 572. The minimum absolute atomic E-state index is 0.0549. The molecule has 1 aliphatic carbocycles. The molecule has 0 radical (unpaired) electrons. The van der Waals surface area contributed by atoms with Crippen LogP contribution in [0.25, 0.3) is 0 Å². The molecule has 0 saturated heterocycles. The van der Waals surface area contributed by atoms with Crippen molar-refractivity contribution < 1.29 is 8.42 Å². The lowest BCUT2D eigenvalue weighted by Gasteiger charge is -2.29. The second-order valence-electron chi connectivity index (χ2n) is 6.90. The van der Waals surface area contributed by atoms with Crippen LogP contribution in [0.4, 0.5) is 0 Å². The molecular weight excluding hydrogens is 304 g/mol. The highest BCUT2D eigenvalue weighted by Gasteiger charge is 2.26. The van der Waals surface area contributed by atoms with E-state index in [1.54, 1.807) is 6.07 Å². The smallest absolute Gasteiger partial charge is 0.250 e. The fourth-order valence-electron chi connectivity index (χ4n) is 1.69. The number of rotatable bonds is 8. The van der Waals surface area contributed by atoms with E-state index in [2.05, 4.69) is 37.7 Å². The van der Waals surface area contributed by atoms with Crippen LogP contribution in [0, 0.1) is 11.3 Å². The fraction of sp³-hybridized carbons (Fsp3) is 0.733. The summed E-state index contributed by atoms with van der Waals surface area (Å²) < 4.78 is 27.8. The Morgan fingerprint density at radius 2 is 2.05 bits per heavy atom. The number of thiophene rings is 1. The van der Waals surface area contributed by atoms with Gasteiger partial charge in [-0.25, -0.2) is 13.1 Å². The van der Waals surface area contributed by atoms with Crippen LogP contribution in [0.1, 0.15) is 46.1 Å². The molecule has 2 N–H and O–H groups in total. The van der Waals surface area contributed by atoms with Gasteiger partial charge in [-0.05, 0) is 41.2 Å². The molecule has 120 valence electrons. The van der Waals surface area contributed by atoms with Crippen LogP contribution in [-0.2, 0) is 16.6 Å². The van der Waals surface area contributed by atoms with Gasteiger partial charge in [0.15, 0.2) is 0 Å². The Kier molecular flexibility index (Phi) is 5.13. The first-order valence-corrected chi connectivity index (χ1v) is 9.87. The van der Waals surface area contributed by atoms with Gasteiger partial charge in [0.1, 0.15) is 4.21 Å². The van der Waals surface area contributed by atoms with Gasteiger partial charge in [-0.1, -0.05) is 27.7 Å². The van der Waals surface area contributed by atoms with Gasteiger partial charge in [0.2, 0.25) is 10.0 Å². The summed E-state index contributed by atoms with van der Waals surface area (Å²) in [4.78, 5) is 0. The standard InChI is InChI=1S/C15H26N2O2S2/c1-11(2)15(3,4)10-17-21(18,19)14-7-12(9-20-14)8-16-13-5-6-13/h7,9,11,13,16-17H,5-6,8,10H2,1-4H3. The average Bonchev–Trinajstić information content (AvgIpc) is 3.10. The van der Waals surface area contributed by atoms with Crippen molar-refractivity contribution in [3.63, 3.8) is 0 Å². The van der Waals surface area contributed by atoms with Gasteiger partial charge in [0.05, 0.1) is 0 Å². The Balaban J connectivity index is 1.95. The van der Waals surface area contributed by atoms with Crippen LogP contribution in [0.5, 0.6) is 0 Å². The summed E-state index contributed by atoms with van der Waals surface area (Å²) in [5.41, 5.74) is 0.996. The third kappa shape index (κ3) is 4.77. The molecule has 0 spiro atoms. The van der Waals surface area contributed by atoms with E-state index < -0.39 is 10.0 Å². The summed E-state index contributed by atoms with van der Waals surface area (Å²) in [5.74, 6) is 0.418. The first kappa shape index (κ1) is 16.9. The van der Waals surface area contributed by atoms with Crippen molar-refractivity contribution >= 4 is 21.4 Å². The Hall–Kier alpha value is -0.430. The zero-order chi connectivity index (χ0) is 15.7. The lowest BCUT2D eigenvalue weighted by atomic mass is 9.81. The van der Waals surface area contributed by atoms with Gasteiger partial charge >= 0.3 is 0 Å². The molecule has 1 saturated carbocycles. The van der Waals surface area contributed by atoms with Crippen molar-refractivity contribution in [1.29, 1.82) is 0 Å². The number of hydrogen-bond donors (Lipinski definition) is 2. The quantitative estimate of drug-likeness (QED) is 0.770. The first-order valence-electron chi connectivity index (χ1n) is 7.51. The van der Waals surface area contributed by atoms with Gasteiger partial charge in [0, 0.05) is 19.1 Å². The average molecular weight is 331 g/mol. The summed E-state index contributed by atoms with van der Waals surface area (Å²) in [6, 6.07) is 2.42.